The second-order valence-corrected chi connectivity index (χ2v) is 7.46. The molecule has 4 rings (SSSR count). The number of carbonyl (C=O) groups is 1. The van der Waals surface area contributed by atoms with Crippen molar-refractivity contribution in [1.82, 2.24) is 15.2 Å². The van der Waals surface area contributed by atoms with Gasteiger partial charge in [0, 0.05) is 23.9 Å². The quantitative estimate of drug-likeness (QED) is 0.664. The highest BCUT2D eigenvalue weighted by Crippen LogP contribution is 2.38. The summed E-state index contributed by atoms with van der Waals surface area (Å²) in [5, 5.41) is 10.4. The van der Waals surface area contributed by atoms with Crippen LogP contribution < -0.4 is 10.2 Å². The fourth-order valence-corrected chi connectivity index (χ4v) is 3.51. The molecule has 9 heteroatoms. The van der Waals surface area contributed by atoms with Gasteiger partial charge in [0.15, 0.2) is 16.7 Å². The average Bonchev–Trinajstić information content (AvgIpc) is 3.16. The Hall–Kier alpha value is -3.13. The third-order valence-electron chi connectivity index (χ3n) is 4.88. The van der Waals surface area contributed by atoms with Crippen molar-refractivity contribution in [3.8, 4) is 11.1 Å². The molecule has 1 fully saturated rings. The lowest BCUT2D eigenvalue weighted by atomic mass is 10.0. The van der Waals surface area contributed by atoms with E-state index in [0.29, 0.717) is 29.9 Å². The maximum absolute atomic E-state index is 14.7. The first-order valence-corrected chi connectivity index (χ1v) is 9.75. The molecular formula is C21H18ClF2N5O. The van der Waals surface area contributed by atoms with Crippen LogP contribution in [0.5, 0.6) is 0 Å². The van der Waals surface area contributed by atoms with Crippen molar-refractivity contribution in [3.05, 3.63) is 64.8 Å². The Bertz CT molecular complexity index is 1090. The third-order valence-corrected chi connectivity index (χ3v) is 5.08. The number of rotatable bonds is 4. The average molecular weight is 430 g/mol. The smallest absolute Gasteiger partial charge is 0.276 e. The van der Waals surface area contributed by atoms with E-state index in [9.17, 15) is 13.6 Å². The van der Waals surface area contributed by atoms with Crippen molar-refractivity contribution in [2.24, 2.45) is 0 Å². The molecule has 3 aromatic rings. The predicted octanol–water partition coefficient (Wildman–Crippen LogP) is 4.44. The number of carbonyl (C=O) groups excluding carboxylic acids is 1. The molecule has 1 aliphatic rings. The number of pyridine rings is 1. The van der Waals surface area contributed by atoms with Crippen LogP contribution in [0.1, 0.15) is 22.5 Å². The summed E-state index contributed by atoms with van der Waals surface area (Å²) >= 11 is 5.74. The maximum atomic E-state index is 14.7. The van der Waals surface area contributed by atoms with E-state index in [1.54, 1.807) is 23.1 Å². The van der Waals surface area contributed by atoms with Crippen molar-refractivity contribution < 1.29 is 13.6 Å². The summed E-state index contributed by atoms with van der Waals surface area (Å²) in [5.41, 5.74) is 1.94. The number of nitrogens with one attached hydrogen (secondary N) is 1. The molecule has 1 aromatic carbocycles. The van der Waals surface area contributed by atoms with Gasteiger partial charge in [-0.2, -0.15) is 0 Å². The second-order valence-electron chi connectivity index (χ2n) is 7.07. The van der Waals surface area contributed by atoms with Crippen molar-refractivity contribution in [1.29, 1.82) is 0 Å². The SMILES string of the molecule is Cc1ccc(F)c(-c2ccnc(N3CC[C@H](F)C3)c2NC(=O)c2ccc(Cl)nn2)c1. The number of anilines is 2. The van der Waals surface area contributed by atoms with Gasteiger partial charge in [0.05, 0.1) is 12.2 Å². The lowest BCUT2D eigenvalue weighted by Crippen LogP contribution is -2.24. The number of benzene rings is 1. The highest BCUT2D eigenvalue weighted by molar-refractivity contribution is 6.29. The Kier molecular flexibility index (Phi) is 5.59. The largest absolute Gasteiger partial charge is 0.352 e. The fraction of sp³-hybridized carbons (Fsp3) is 0.238. The van der Waals surface area contributed by atoms with Gasteiger partial charge in [-0.05, 0) is 43.7 Å². The maximum Gasteiger partial charge on any atom is 0.276 e. The van der Waals surface area contributed by atoms with Crippen molar-refractivity contribution >= 4 is 29.0 Å². The number of aromatic nitrogens is 3. The Labute approximate surface area is 176 Å². The topological polar surface area (TPSA) is 71.0 Å². The molecule has 1 amide bonds. The summed E-state index contributed by atoms with van der Waals surface area (Å²) < 4.78 is 28.5. The van der Waals surface area contributed by atoms with Crippen LogP contribution in [0.4, 0.5) is 20.3 Å². The number of nitrogens with zero attached hydrogens (tertiary/aromatic N) is 4. The number of alkyl halides is 1. The molecule has 154 valence electrons. The zero-order valence-electron chi connectivity index (χ0n) is 16.1. The van der Waals surface area contributed by atoms with Crippen LogP contribution in [-0.4, -0.2) is 40.3 Å². The van der Waals surface area contributed by atoms with Crippen LogP contribution in [0.15, 0.2) is 42.6 Å². The Morgan fingerprint density at radius 2 is 2.03 bits per heavy atom. The number of aryl methyl sites for hydroxylation is 1. The van der Waals surface area contributed by atoms with Gasteiger partial charge in [-0.25, -0.2) is 13.8 Å². The zero-order valence-corrected chi connectivity index (χ0v) is 16.8. The minimum atomic E-state index is -0.989. The number of amides is 1. The highest BCUT2D eigenvalue weighted by Gasteiger charge is 2.27. The van der Waals surface area contributed by atoms with Crippen LogP contribution in [0, 0.1) is 12.7 Å². The van der Waals surface area contributed by atoms with E-state index >= 15 is 0 Å². The van der Waals surface area contributed by atoms with Crippen molar-refractivity contribution in [3.63, 3.8) is 0 Å². The standard InChI is InChI=1S/C21H18ClF2N5O/c1-12-2-3-16(24)15(10-12)14-6-8-25-20(29-9-7-13(23)11-29)19(14)26-21(30)17-4-5-18(22)28-27-17/h2-6,8,10,13H,7,9,11H2,1H3,(H,26,30)/t13-/m0/s1. The summed E-state index contributed by atoms with van der Waals surface area (Å²) in [7, 11) is 0. The molecule has 30 heavy (non-hydrogen) atoms. The van der Waals surface area contributed by atoms with E-state index in [1.165, 1.54) is 24.4 Å². The molecule has 0 spiro atoms. The third kappa shape index (κ3) is 4.09. The summed E-state index contributed by atoms with van der Waals surface area (Å²) in [5.74, 6) is -0.619. The van der Waals surface area contributed by atoms with Crippen LogP contribution >= 0.6 is 11.6 Å². The molecule has 1 atom stereocenters. The summed E-state index contributed by atoms with van der Waals surface area (Å²) in [6.45, 7) is 2.44. The summed E-state index contributed by atoms with van der Waals surface area (Å²) in [6.07, 6.45) is 0.896. The summed E-state index contributed by atoms with van der Waals surface area (Å²) in [6, 6.07) is 9.22. The molecule has 0 bridgehead atoms. The minimum Gasteiger partial charge on any atom is -0.352 e. The van der Waals surface area contributed by atoms with Crippen LogP contribution in [0.2, 0.25) is 5.15 Å². The van der Waals surface area contributed by atoms with E-state index in [1.807, 2.05) is 6.92 Å². The van der Waals surface area contributed by atoms with Gasteiger partial charge >= 0.3 is 0 Å². The van der Waals surface area contributed by atoms with Gasteiger partial charge in [0.1, 0.15) is 12.0 Å². The lowest BCUT2D eigenvalue weighted by Gasteiger charge is -2.22. The molecule has 6 nitrogen and oxygen atoms in total. The highest BCUT2D eigenvalue weighted by atomic mass is 35.5. The molecule has 0 saturated carbocycles. The second kappa shape index (κ2) is 8.31. The summed E-state index contributed by atoms with van der Waals surface area (Å²) in [4.78, 5) is 18.9. The number of halogens is 3. The Morgan fingerprint density at radius 3 is 2.73 bits per heavy atom. The minimum absolute atomic E-state index is 0.0367. The molecule has 2 aromatic heterocycles. The van der Waals surface area contributed by atoms with Gasteiger partial charge < -0.3 is 10.2 Å². The van der Waals surface area contributed by atoms with E-state index in [2.05, 4.69) is 20.5 Å². The fourth-order valence-electron chi connectivity index (χ4n) is 3.41. The predicted molar refractivity (Wildman–Crippen MR) is 111 cm³/mol. The molecule has 0 unspecified atom stereocenters. The first kappa shape index (κ1) is 20.2. The van der Waals surface area contributed by atoms with Gasteiger partial charge in [0.2, 0.25) is 0 Å². The van der Waals surface area contributed by atoms with Crippen molar-refractivity contribution in [2.75, 3.05) is 23.3 Å². The van der Waals surface area contributed by atoms with Crippen molar-refractivity contribution in [2.45, 2.75) is 19.5 Å². The van der Waals surface area contributed by atoms with E-state index < -0.39 is 17.9 Å². The first-order chi connectivity index (χ1) is 14.4. The van der Waals surface area contributed by atoms with Gasteiger partial charge in [-0.3, -0.25) is 4.79 Å². The molecule has 1 aliphatic heterocycles. The Balaban J connectivity index is 1.81. The molecule has 0 aliphatic carbocycles. The van der Waals surface area contributed by atoms with Gasteiger partial charge in [0.25, 0.3) is 5.91 Å². The molecule has 3 heterocycles. The lowest BCUT2D eigenvalue weighted by molar-refractivity contribution is 0.102. The molecule has 1 N–H and O–H groups in total. The Morgan fingerprint density at radius 1 is 1.20 bits per heavy atom. The monoisotopic (exact) mass is 429 g/mol. The van der Waals surface area contributed by atoms with E-state index in [-0.39, 0.29) is 23.1 Å². The number of hydrogen-bond acceptors (Lipinski definition) is 5. The molecule has 1 saturated heterocycles. The van der Waals surface area contributed by atoms with Crippen LogP contribution in [0.3, 0.4) is 0 Å². The normalized spacial score (nSPS) is 16.0. The molecular weight excluding hydrogens is 412 g/mol. The first-order valence-electron chi connectivity index (χ1n) is 9.37. The van der Waals surface area contributed by atoms with E-state index in [4.69, 9.17) is 11.6 Å². The van der Waals surface area contributed by atoms with Gasteiger partial charge in [-0.15, -0.1) is 10.2 Å². The zero-order chi connectivity index (χ0) is 21.3. The van der Waals surface area contributed by atoms with Gasteiger partial charge in [-0.1, -0.05) is 23.2 Å². The molecule has 0 radical (unpaired) electrons. The van der Waals surface area contributed by atoms with Crippen LogP contribution in [0.25, 0.3) is 11.1 Å². The van der Waals surface area contributed by atoms with E-state index in [0.717, 1.165) is 5.56 Å². The number of hydrogen-bond donors (Lipinski definition) is 1. The van der Waals surface area contributed by atoms with Crippen LogP contribution in [-0.2, 0) is 0 Å².